The van der Waals surface area contributed by atoms with Crippen molar-refractivity contribution >= 4 is 28.1 Å². The fourth-order valence-electron chi connectivity index (χ4n) is 2.09. The van der Waals surface area contributed by atoms with Crippen LogP contribution in [-0.2, 0) is 6.54 Å². The first-order valence-electron chi connectivity index (χ1n) is 6.57. The lowest BCUT2D eigenvalue weighted by Gasteiger charge is -2.11. The van der Waals surface area contributed by atoms with Crippen molar-refractivity contribution in [3.05, 3.63) is 48.4 Å². The van der Waals surface area contributed by atoms with Crippen molar-refractivity contribution in [3.8, 4) is 11.5 Å². The molecule has 2 heterocycles. The highest BCUT2D eigenvalue weighted by atomic mass is 32.1. The van der Waals surface area contributed by atoms with Crippen LogP contribution in [0.25, 0.3) is 10.9 Å². The minimum absolute atomic E-state index is 0.256. The first-order valence-corrected chi connectivity index (χ1v) is 6.97. The quantitative estimate of drug-likeness (QED) is 0.750. The molecule has 0 spiro atoms. The van der Waals surface area contributed by atoms with E-state index in [0.717, 1.165) is 17.4 Å². The molecule has 0 atom stereocenters. The van der Waals surface area contributed by atoms with Gasteiger partial charge in [-0.3, -0.25) is 9.67 Å². The van der Waals surface area contributed by atoms with Crippen molar-refractivity contribution in [2.24, 2.45) is 5.73 Å². The van der Waals surface area contributed by atoms with E-state index in [1.54, 1.807) is 17.1 Å². The Hall–Kier alpha value is -2.47. The van der Waals surface area contributed by atoms with Crippen LogP contribution in [0.4, 0.5) is 0 Å². The molecule has 21 heavy (non-hydrogen) atoms. The summed E-state index contributed by atoms with van der Waals surface area (Å²) < 4.78 is 7.77. The molecular formula is C15H14N4OS. The summed E-state index contributed by atoms with van der Waals surface area (Å²) in [5.41, 5.74) is 7.23. The van der Waals surface area contributed by atoms with Crippen molar-refractivity contribution in [1.29, 1.82) is 0 Å². The molecule has 0 fully saturated rings. The van der Waals surface area contributed by atoms with E-state index in [4.69, 9.17) is 22.7 Å². The number of nitrogens with two attached hydrogens (primary N) is 1. The molecule has 0 radical (unpaired) electrons. The molecule has 0 aliphatic carbocycles. The van der Waals surface area contributed by atoms with E-state index < -0.39 is 0 Å². The standard InChI is InChI=1S/C15H14N4OS/c1-2-19-9-10(7-18-19)20-14-11-5-3-4-6-13(11)17-8-12(14)15(16)21/h3-9H,2H2,1H3,(H2,16,21). The smallest absolute Gasteiger partial charge is 0.165 e. The van der Waals surface area contributed by atoms with Gasteiger partial charge >= 0.3 is 0 Å². The lowest BCUT2D eigenvalue weighted by molar-refractivity contribution is 0.485. The predicted octanol–water partition coefficient (Wildman–Crippen LogP) is 2.88. The lowest BCUT2D eigenvalue weighted by atomic mass is 10.1. The maximum absolute atomic E-state index is 5.98. The molecule has 2 N–H and O–H groups in total. The zero-order valence-electron chi connectivity index (χ0n) is 11.5. The van der Waals surface area contributed by atoms with Gasteiger partial charge in [0, 0.05) is 18.1 Å². The highest BCUT2D eigenvalue weighted by Crippen LogP contribution is 2.32. The minimum Gasteiger partial charge on any atom is -0.453 e. The number of hydrogen-bond acceptors (Lipinski definition) is 4. The van der Waals surface area contributed by atoms with Crippen molar-refractivity contribution in [2.45, 2.75) is 13.5 Å². The largest absolute Gasteiger partial charge is 0.453 e. The monoisotopic (exact) mass is 298 g/mol. The van der Waals surface area contributed by atoms with Crippen LogP contribution in [-0.4, -0.2) is 19.8 Å². The molecule has 0 aliphatic rings. The van der Waals surface area contributed by atoms with Crippen LogP contribution >= 0.6 is 12.2 Å². The molecule has 5 nitrogen and oxygen atoms in total. The third-order valence-electron chi connectivity index (χ3n) is 3.14. The van der Waals surface area contributed by atoms with E-state index >= 15 is 0 Å². The van der Waals surface area contributed by atoms with E-state index in [1.165, 1.54) is 0 Å². The molecule has 0 aliphatic heterocycles. The third-order valence-corrected chi connectivity index (χ3v) is 3.36. The molecule has 0 saturated heterocycles. The number of ether oxygens (including phenoxy) is 1. The Morgan fingerprint density at radius 2 is 2.14 bits per heavy atom. The fraction of sp³-hybridized carbons (Fsp3) is 0.133. The summed E-state index contributed by atoms with van der Waals surface area (Å²) in [5.74, 6) is 1.26. The first-order chi connectivity index (χ1) is 10.2. The molecule has 0 saturated carbocycles. The lowest BCUT2D eigenvalue weighted by Crippen LogP contribution is -2.11. The Morgan fingerprint density at radius 3 is 2.86 bits per heavy atom. The van der Waals surface area contributed by atoms with E-state index in [9.17, 15) is 0 Å². The molecule has 106 valence electrons. The Balaban J connectivity index is 2.13. The summed E-state index contributed by atoms with van der Waals surface area (Å²) in [6, 6.07) is 7.70. The van der Waals surface area contributed by atoms with E-state index in [0.29, 0.717) is 17.1 Å². The molecule has 3 aromatic rings. The maximum atomic E-state index is 5.98. The van der Waals surface area contributed by atoms with Crippen LogP contribution in [0.3, 0.4) is 0 Å². The van der Waals surface area contributed by atoms with Gasteiger partial charge in [0.25, 0.3) is 0 Å². The number of aryl methyl sites for hydroxylation is 1. The summed E-state index contributed by atoms with van der Waals surface area (Å²) in [5, 5.41) is 5.07. The fourth-order valence-corrected chi connectivity index (χ4v) is 2.24. The van der Waals surface area contributed by atoms with Crippen molar-refractivity contribution < 1.29 is 4.74 Å². The molecule has 2 aromatic heterocycles. The number of benzene rings is 1. The molecular weight excluding hydrogens is 284 g/mol. The first kappa shape index (κ1) is 13.5. The van der Waals surface area contributed by atoms with Gasteiger partial charge in [-0.05, 0) is 19.1 Å². The van der Waals surface area contributed by atoms with Gasteiger partial charge in [0.2, 0.25) is 0 Å². The Morgan fingerprint density at radius 1 is 1.33 bits per heavy atom. The molecule has 3 rings (SSSR count). The predicted molar refractivity (Wildman–Crippen MR) is 85.6 cm³/mol. The molecule has 1 aromatic carbocycles. The summed E-state index contributed by atoms with van der Waals surface area (Å²) in [4.78, 5) is 4.61. The topological polar surface area (TPSA) is 66.0 Å². The summed E-state index contributed by atoms with van der Waals surface area (Å²) in [6.45, 7) is 2.79. The van der Waals surface area contributed by atoms with Crippen LogP contribution in [0.5, 0.6) is 11.5 Å². The molecule has 0 unspecified atom stereocenters. The second kappa shape index (κ2) is 5.49. The molecule has 6 heteroatoms. The summed E-state index contributed by atoms with van der Waals surface area (Å²) in [7, 11) is 0. The molecule has 0 amide bonds. The van der Waals surface area contributed by atoms with Crippen LogP contribution in [0, 0.1) is 0 Å². The minimum atomic E-state index is 0.256. The Bertz CT molecular complexity index is 812. The number of aromatic nitrogens is 3. The van der Waals surface area contributed by atoms with Crippen LogP contribution in [0.15, 0.2) is 42.9 Å². The number of para-hydroxylation sites is 1. The number of pyridine rings is 1. The average molecular weight is 298 g/mol. The SMILES string of the molecule is CCn1cc(Oc2c(C(N)=S)cnc3ccccc23)cn1. The highest BCUT2D eigenvalue weighted by Gasteiger charge is 2.14. The van der Waals surface area contributed by atoms with Gasteiger partial charge < -0.3 is 10.5 Å². The van der Waals surface area contributed by atoms with Gasteiger partial charge in [-0.2, -0.15) is 5.10 Å². The Kier molecular flexibility index (Phi) is 3.53. The van der Waals surface area contributed by atoms with E-state index in [1.807, 2.05) is 37.4 Å². The second-order valence-electron chi connectivity index (χ2n) is 4.52. The van der Waals surface area contributed by atoms with Gasteiger partial charge in [0.1, 0.15) is 10.7 Å². The summed E-state index contributed by atoms with van der Waals surface area (Å²) in [6.07, 6.45) is 5.14. The van der Waals surface area contributed by atoms with Crippen molar-refractivity contribution in [1.82, 2.24) is 14.8 Å². The second-order valence-corrected chi connectivity index (χ2v) is 4.96. The summed E-state index contributed by atoms with van der Waals surface area (Å²) >= 11 is 5.09. The highest BCUT2D eigenvalue weighted by molar-refractivity contribution is 7.80. The number of rotatable bonds is 4. The normalized spacial score (nSPS) is 10.7. The van der Waals surface area contributed by atoms with Crippen LogP contribution < -0.4 is 10.5 Å². The number of nitrogens with zero attached hydrogens (tertiary/aromatic N) is 3. The number of thiocarbonyl (C=S) groups is 1. The van der Waals surface area contributed by atoms with Gasteiger partial charge in [0.15, 0.2) is 5.75 Å². The van der Waals surface area contributed by atoms with Gasteiger partial charge in [-0.15, -0.1) is 0 Å². The number of hydrogen-bond donors (Lipinski definition) is 1. The maximum Gasteiger partial charge on any atom is 0.165 e. The average Bonchev–Trinajstić information content (AvgIpc) is 2.95. The third kappa shape index (κ3) is 2.57. The van der Waals surface area contributed by atoms with Gasteiger partial charge in [-0.25, -0.2) is 0 Å². The van der Waals surface area contributed by atoms with Crippen LogP contribution in [0.2, 0.25) is 0 Å². The van der Waals surface area contributed by atoms with Crippen molar-refractivity contribution in [3.63, 3.8) is 0 Å². The van der Waals surface area contributed by atoms with Crippen LogP contribution in [0.1, 0.15) is 12.5 Å². The van der Waals surface area contributed by atoms with E-state index in [-0.39, 0.29) is 4.99 Å². The van der Waals surface area contributed by atoms with Gasteiger partial charge in [0.05, 0.1) is 23.5 Å². The Labute approximate surface area is 127 Å². The zero-order valence-corrected chi connectivity index (χ0v) is 12.3. The number of fused-ring (bicyclic) bond motifs is 1. The molecule has 0 bridgehead atoms. The zero-order chi connectivity index (χ0) is 14.8. The van der Waals surface area contributed by atoms with Gasteiger partial charge in [-0.1, -0.05) is 24.4 Å². The van der Waals surface area contributed by atoms with Crippen molar-refractivity contribution in [2.75, 3.05) is 0 Å². The van der Waals surface area contributed by atoms with E-state index in [2.05, 4.69) is 10.1 Å².